The van der Waals surface area contributed by atoms with Gasteiger partial charge in [0, 0.05) is 25.7 Å². The van der Waals surface area contributed by atoms with Crippen LogP contribution < -0.4 is 10.1 Å². The Balaban J connectivity index is 2.41. The van der Waals surface area contributed by atoms with E-state index in [1.54, 1.807) is 26.3 Å². The van der Waals surface area contributed by atoms with Gasteiger partial charge in [-0.15, -0.1) is 11.8 Å². The fourth-order valence-corrected chi connectivity index (χ4v) is 5.03. The molecule has 29 heavy (non-hydrogen) atoms. The summed E-state index contributed by atoms with van der Waals surface area (Å²) in [6.45, 7) is 4.15. The highest BCUT2D eigenvalue weighted by Crippen LogP contribution is 2.39. The molecule has 1 N–H and O–H groups in total. The number of anilines is 1. The Morgan fingerprint density at radius 3 is 2.76 bits per heavy atom. The number of hydrogen-bond acceptors (Lipinski definition) is 7. The highest BCUT2D eigenvalue weighted by Gasteiger charge is 2.34. The van der Waals surface area contributed by atoms with E-state index < -0.39 is 21.8 Å². The summed E-state index contributed by atoms with van der Waals surface area (Å²) in [6, 6.07) is 2.85. The number of thioether (sulfide) groups is 1. The summed E-state index contributed by atoms with van der Waals surface area (Å²) in [6.07, 6.45) is 5.07. The van der Waals surface area contributed by atoms with E-state index in [1.807, 2.05) is 0 Å². The summed E-state index contributed by atoms with van der Waals surface area (Å²) in [7, 11) is -2.21. The lowest BCUT2D eigenvalue weighted by atomic mass is 10.1. The number of hydrogen-bond donors (Lipinski definition) is 1. The molecule has 0 saturated carbocycles. The lowest BCUT2D eigenvalue weighted by Crippen LogP contribution is -2.39. The first-order valence-electron chi connectivity index (χ1n) is 9.39. The van der Waals surface area contributed by atoms with Crippen LogP contribution in [-0.4, -0.2) is 51.2 Å². The largest absolute Gasteiger partial charge is 0.461 e. The van der Waals surface area contributed by atoms with E-state index in [0.717, 1.165) is 19.3 Å². The van der Waals surface area contributed by atoms with Crippen LogP contribution in [0.1, 0.15) is 33.1 Å². The molecule has 1 aliphatic rings. The fraction of sp³-hybridized carbons (Fsp3) is 0.526. The lowest BCUT2D eigenvalue weighted by Gasteiger charge is -2.24. The monoisotopic (exact) mass is 446 g/mol. The summed E-state index contributed by atoms with van der Waals surface area (Å²) in [5.74, 6) is -2.20. The molecule has 0 radical (unpaired) electrons. The summed E-state index contributed by atoms with van der Waals surface area (Å²) >= 11 is 1.32. The van der Waals surface area contributed by atoms with Crippen molar-refractivity contribution in [2.75, 3.05) is 31.8 Å². The fourth-order valence-electron chi connectivity index (χ4n) is 2.94. The first-order chi connectivity index (χ1) is 13.8. The van der Waals surface area contributed by atoms with Crippen LogP contribution >= 0.6 is 11.8 Å². The third kappa shape index (κ3) is 5.43. The standard InChI is InChI=1S/C19H27FN2O5S2/c1-5-7-8-13-11-21-15-9-17(28-4)16(10-18(15)29(24,25)22(13)3)27-12-14(20)19(23)26-6-2/h9-10,12-13,21H,5-8,11H2,1-4H3/b14-12-/t13-/m1/s1. The zero-order valence-corrected chi connectivity index (χ0v) is 18.7. The number of rotatable bonds is 8. The van der Waals surface area contributed by atoms with Crippen LogP contribution in [0.4, 0.5) is 10.1 Å². The summed E-state index contributed by atoms with van der Waals surface area (Å²) in [5.41, 5.74) is 0.474. The Hall–Kier alpha value is -1.78. The summed E-state index contributed by atoms with van der Waals surface area (Å²) < 4.78 is 51.3. The number of fused-ring (bicyclic) bond motifs is 1. The molecule has 0 amide bonds. The molecule has 10 heteroatoms. The van der Waals surface area contributed by atoms with Gasteiger partial charge in [-0.2, -0.15) is 8.70 Å². The van der Waals surface area contributed by atoms with Crippen LogP contribution in [0.5, 0.6) is 5.75 Å². The number of benzene rings is 1. The van der Waals surface area contributed by atoms with Crippen molar-refractivity contribution in [3.8, 4) is 5.75 Å². The minimum absolute atomic E-state index is 0.0322. The van der Waals surface area contributed by atoms with Crippen molar-refractivity contribution < 1.29 is 27.1 Å². The van der Waals surface area contributed by atoms with Crippen molar-refractivity contribution in [1.82, 2.24) is 4.31 Å². The Morgan fingerprint density at radius 1 is 1.41 bits per heavy atom. The molecule has 0 unspecified atom stereocenters. The number of ether oxygens (including phenoxy) is 2. The van der Waals surface area contributed by atoms with Crippen molar-refractivity contribution in [2.24, 2.45) is 0 Å². The molecule has 1 atom stereocenters. The number of nitrogens with one attached hydrogen (secondary N) is 1. The minimum Gasteiger partial charge on any atom is -0.461 e. The number of halogens is 1. The van der Waals surface area contributed by atoms with Crippen LogP contribution in [0, 0.1) is 0 Å². The molecular weight excluding hydrogens is 419 g/mol. The second-order valence-electron chi connectivity index (χ2n) is 6.50. The van der Waals surface area contributed by atoms with Gasteiger partial charge in [-0.05, 0) is 25.7 Å². The van der Waals surface area contributed by atoms with E-state index in [1.165, 1.54) is 22.1 Å². The van der Waals surface area contributed by atoms with E-state index in [0.29, 0.717) is 23.4 Å². The van der Waals surface area contributed by atoms with E-state index in [4.69, 9.17) is 4.74 Å². The van der Waals surface area contributed by atoms with Crippen LogP contribution in [0.3, 0.4) is 0 Å². The van der Waals surface area contributed by atoms with Gasteiger partial charge in [-0.25, -0.2) is 13.2 Å². The normalized spacial score (nSPS) is 19.1. The molecule has 1 aliphatic heterocycles. The number of carbonyl (C=O) groups is 1. The number of esters is 1. The average molecular weight is 447 g/mol. The van der Waals surface area contributed by atoms with Gasteiger partial charge < -0.3 is 14.8 Å². The van der Waals surface area contributed by atoms with Gasteiger partial charge in [-0.3, -0.25) is 0 Å². The van der Waals surface area contributed by atoms with E-state index in [2.05, 4.69) is 17.0 Å². The third-order valence-electron chi connectivity index (χ3n) is 4.62. The number of unbranched alkanes of at least 4 members (excludes halogenated alkanes) is 1. The molecule has 0 saturated heterocycles. The molecule has 1 aromatic carbocycles. The second-order valence-corrected chi connectivity index (χ2v) is 9.32. The molecule has 1 heterocycles. The van der Waals surface area contributed by atoms with Crippen molar-refractivity contribution in [2.45, 2.75) is 48.9 Å². The van der Waals surface area contributed by atoms with Gasteiger partial charge in [0.1, 0.15) is 16.9 Å². The predicted octanol–water partition coefficient (Wildman–Crippen LogP) is 3.77. The lowest BCUT2D eigenvalue weighted by molar-refractivity contribution is -0.140. The second kappa shape index (κ2) is 10.3. The van der Waals surface area contributed by atoms with Crippen LogP contribution in [0.15, 0.2) is 34.0 Å². The van der Waals surface area contributed by atoms with Crippen molar-refractivity contribution >= 4 is 33.4 Å². The third-order valence-corrected chi connectivity index (χ3v) is 7.32. The molecule has 0 aromatic heterocycles. The van der Waals surface area contributed by atoms with E-state index in [9.17, 15) is 17.6 Å². The van der Waals surface area contributed by atoms with Crippen LogP contribution in [-0.2, 0) is 19.6 Å². The quantitative estimate of drug-likeness (QED) is 0.282. The Bertz CT molecular complexity index is 874. The SMILES string of the molecule is CCCC[C@@H]1CNc2cc(SC)c(O/C=C(\F)C(=O)OCC)cc2S(=O)(=O)N1C. The summed E-state index contributed by atoms with van der Waals surface area (Å²) in [4.78, 5) is 12.1. The van der Waals surface area contributed by atoms with E-state index >= 15 is 0 Å². The van der Waals surface area contributed by atoms with Crippen molar-refractivity contribution in [3.63, 3.8) is 0 Å². The van der Waals surface area contributed by atoms with Gasteiger partial charge in [-0.1, -0.05) is 19.8 Å². The first kappa shape index (κ1) is 23.5. The number of nitrogens with zero attached hydrogens (tertiary/aromatic N) is 1. The van der Waals surface area contributed by atoms with Crippen LogP contribution in [0.25, 0.3) is 0 Å². The number of sulfonamides is 1. The molecule has 1 aromatic rings. The minimum atomic E-state index is -3.77. The molecule has 7 nitrogen and oxygen atoms in total. The number of likely N-dealkylation sites (N-methyl/N-ethyl adjacent to an activating group) is 1. The molecule has 0 aliphatic carbocycles. The van der Waals surface area contributed by atoms with Crippen LogP contribution in [0.2, 0.25) is 0 Å². The predicted molar refractivity (Wildman–Crippen MR) is 111 cm³/mol. The highest BCUT2D eigenvalue weighted by molar-refractivity contribution is 7.98. The number of carbonyl (C=O) groups excluding carboxylic acids is 1. The molecule has 0 spiro atoms. The van der Waals surface area contributed by atoms with Gasteiger partial charge in [0.15, 0.2) is 0 Å². The maximum Gasteiger partial charge on any atom is 0.370 e. The zero-order chi connectivity index (χ0) is 21.6. The average Bonchev–Trinajstić information content (AvgIpc) is 2.79. The van der Waals surface area contributed by atoms with Crippen molar-refractivity contribution in [1.29, 1.82) is 0 Å². The van der Waals surface area contributed by atoms with Crippen molar-refractivity contribution in [3.05, 3.63) is 24.2 Å². The maximum absolute atomic E-state index is 13.8. The molecule has 2 rings (SSSR count). The highest BCUT2D eigenvalue weighted by atomic mass is 32.2. The van der Waals surface area contributed by atoms with Gasteiger partial charge in [0.2, 0.25) is 15.9 Å². The maximum atomic E-state index is 13.8. The Labute approximate surface area is 175 Å². The molecule has 0 bridgehead atoms. The van der Waals surface area contributed by atoms with Gasteiger partial charge in [0.25, 0.3) is 0 Å². The summed E-state index contributed by atoms with van der Waals surface area (Å²) in [5, 5.41) is 3.22. The molecule has 162 valence electrons. The van der Waals surface area contributed by atoms with Gasteiger partial charge in [0.05, 0.1) is 17.2 Å². The topological polar surface area (TPSA) is 84.9 Å². The molecular formula is C19H27FN2O5S2. The Morgan fingerprint density at radius 2 is 2.14 bits per heavy atom. The Kier molecular flexibility index (Phi) is 8.35. The molecule has 0 fully saturated rings. The smallest absolute Gasteiger partial charge is 0.370 e. The van der Waals surface area contributed by atoms with Gasteiger partial charge >= 0.3 is 5.97 Å². The first-order valence-corrected chi connectivity index (χ1v) is 12.1. The zero-order valence-electron chi connectivity index (χ0n) is 17.0. The van der Waals surface area contributed by atoms with E-state index in [-0.39, 0.29) is 23.3 Å².